The van der Waals surface area contributed by atoms with Crippen molar-refractivity contribution >= 4 is 18.0 Å². The van der Waals surface area contributed by atoms with Crippen molar-refractivity contribution in [2.45, 2.75) is 96.5 Å². The number of aryl methyl sites for hydroxylation is 2. The minimum atomic E-state index is -5.08. The highest BCUT2D eigenvalue weighted by molar-refractivity contribution is 5.97. The molecule has 1 atom stereocenters. The number of aliphatic carboxylic acids is 1. The molecule has 0 saturated carbocycles. The van der Waals surface area contributed by atoms with Gasteiger partial charge in [0.1, 0.15) is 11.4 Å². The molecule has 3 aliphatic rings. The first-order valence-corrected chi connectivity index (χ1v) is 14.8. The van der Waals surface area contributed by atoms with Crippen LogP contribution in [0.2, 0.25) is 0 Å². The van der Waals surface area contributed by atoms with Crippen LogP contribution in [0, 0.1) is 13.8 Å². The van der Waals surface area contributed by atoms with Crippen molar-refractivity contribution in [3.8, 4) is 5.75 Å². The van der Waals surface area contributed by atoms with E-state index in [9.17, 15) is 22.8 Å². The second-order valence-corrected chi connectivity index (χ2v) is 11.4. The number of nitrogens with zero attached hydrogens (tertiary/aromatic N) is 3. The first-order chi connectivity index (χ1) is 19.7. The van der Waals surface area contributed by atoms with Crippen LogP contribution in [0.5, 0.6) is 5.75 Å². The molecule has 12 heteroatoms. The molecule has 236 valence electrons. The standard InChI is InChI=1S/C28H43N3O4.C2HF3O2/c1-6-8-9-24-28(35-27(33)29(24)5)12-16-30(17-13-28)22-10-14-31(15-11-22)26(32)25-20(3)18-23(34-7-2)19-21(25)4;3-2(4,5)1(6)7/h18-19,22,24H,6-17H2,1-5H3;(H,6,7). The van der Waals surface area contributed by atoms with E-state index in [0.29, 0.717) is 12.6 Å². The minimum Gasteiger partial charge on any atom is -0.494 e. The zero-order valence-electron chi connectivity index (χ0n) is 25.3. The third-order valence-corrected chi connectivity index (χ3v) is 8.67. The van der Waals surface area contributed by atoms with Gasteiger partial charge in [-0.05, 0) is 63.3 Å². The number of likely N-dealkylation sites (tertiary alicyclic amines) is 2. The summed E-state index contributed by atoms with van der Waals surface area (Å²) in [6, 6.07) is 4.63. The van der Waals surface area contributed by atoms with E-state index in [2.05, 4.69) is 11.8 Å². The van der Waals surface area contributed by atoms with Gasteiger partial charge in [0, 0.05) is 57.7 Å². The number of hydrogen-bond acceptors (Lipinski definition) is 6. The van der Waals surface area contributed by atoms with E-state index >= 15 is 0 Å². The fourth-order valence-electron chi connectivity index (χ4n) is 6.45. The number of ether oxygens (including phenoxy) is 2. The van der Waals surface area contributed by atoms with Crippen LogP contribution in [0.4, 0.5) is 18.0 Å². The lowest BCUT2D eigenvalue weighted by molar-refractivity contribution is -0.192. The van der Waals surface area contributed by atoms with Crippen molar-refractivity contribution in [3.05, 3.63) is 28.8 Å². The summed E-state index contributed by atoms with van der Waals surface area (Å²) in [6.07, 6.45) is 1.82. The summed E-state index contributed by atoms with van der Waals surface area (Å²) in [5.74, 6) is -1.79. The number of carbonyl (C=O) groups is 3. The third kappa shape index (κ3) is 7.67. The fraction of sp³-hybridized carbons (Fsp3) is 0.700. The molecular weight excluding hydrogens is 555 g/mol. The average Bonchev–Trinajstić information content (AvgIpc) is 3.15. The Balaban J connectivity index is 0.000000616. The normalized spacial score (nSPS) is 21.1. The summed E-state index contributed by atoms with van der Waals surface area (Å²) in [7, 11) is 1.89. The number of rotatable bonds is 7. The zero-order valence-corrected chi connectivity index (χ0v) is 25.3. The summed E-state index contributed by atoms with van der Waals surface area (Å²) in [6.45, 7) is 12.3. The summed E-state index contributed by atoms with van der Waals surface area (Å²) in [4.78, 5) is 41.1. The topological polar surface area (TPSA) is 99.6 Å². The molecule has 3 aliphatic heterocycles. The molecule has 0 radical (unpaired) electrons. The molecule has 1 N–H and O–H groups in total. The summed E-state index contributed by atoms with van der Waals surface area (Å²) < 4.78 is 43.4. The molecule has 3 fully saturated rings. The zero-order chi connectivity index (χ0) is 31.2. The number of alkyl halides is 3. The Morgan fingerprint density at radius 2 is 1.62 bits per heavy atom. The summed E-state index contributed by atoms with van der Waals surface area (Å²) in [5.41, 5.74) is 2.46. The highest BCUT2D eigenvalue weighted by Gasteiger charge is 2.53. The van der Waals surface area contributed by atoms with Crippen LogP contribution in [0.3, 0.4) is 0 Å². The summed E-state index contributed by atoms with van der Waals surface area (Å²) >= 11 is 0. The number of carboxylic acid groups (broad SMARTS) is 1. The van der Waals surface area contributed by atoms with Gasteiger partial charge in [0.05, 0.1) is 12.6 Å². The smallest absolute Gasteiger partial charge is 0.490 e. The molecule has 0 bridgehead atoms. The monoisotopic (exact) mass is 599 g/mol. The first kappa shape index (κ1) is 33.5. The van der Waals surface area contributed by atoms with Gasteiger partial charge in [-0.3, -0.25) is 9.69 Å². The maximum atomic E-state index is 13.4. The third-order valence-electron chi connectivity index (χ3n) is 8.67. The van der Waals surface area contributed by atoms with Crippen molar-refractivity contribution in [3.63, 3.8) is 0 Å². The molecule has 9 nitrogen and oxygen atoms in total. The van der Waals surface area contributed by atoms with E-state index in [1.807, 2.05) is 49.8 Å². The predicted octanol–water partition coefficient (Wildman–Crippen LogP) is 5.42. The van der Waals surface area contributed by atoms with Crippen LogP contribution >= 0.6 is 0 Å². The van der Waals surface area contributed by atoms with Crippen LogP contribution in [-0.2, 0) is 9.53 Å². The number of unbranched alkanes of at least 4 members (excludes halogenated alkanes) is 1. The van der Waals surface area contributed by atoms with Crippen molar-refractivity contribution in [1.29, 1.82) is 0 Å². The van der Waals surface area contributed by atoms with Crippen LogP contribution in [0.15, 0.2) is 12.1 Å². The van der Waals surface area contributed by atoms with Gasteiger partial charge in [0.15, 0.2) is 0 Å². The Morgan fingerprint density at radius 1 is 1.07 bits per heavy atom. The number of amides is 2. The molecule has 3 saturated heterocycles. The predicted molar refractivity (Wildman–Crippen MR) is 151 cm³/mol. The van der Waals surface area contributed by atoms with Gasteiger partial charge in [-0.2, -0.15) is 13.2 Å². The van der Waals surface area contributed by atoms with Crippen molar-refractivity contribution in [1.82, 2.24) is 14.7 Å². The lowest BCUT2D eigenvalue weighted by Gasteiger charge is -2.46. The van der Waals surface area contributed by atoms with E-state index in [4.69, 9.17) is 19.4 Å². The highest BCUT2D eigenvalue weighted by Crippen LogP contribution is 2.41. The number of hydrogen-bond donors (Lipinski definition) is 1. The van der Waals surface area contributed by atoms with Gasteiger partial charge in [-0.15, -0.1) is 0 Å². The Kier molecular flexibility index (Phi) is 11.1. The van der Waals surface area contributed by atoms with Gasteiger partial charge in [-0.1, -0.05) is 19.8 Å². The van der Waals surface area contributed by atoms with Crippen molar-refractivity contribution in [2.24, 2.45) is 0 Å². The molecule has 2 amide bonds. The maximum Gasteiger partial charge on any atom is 0.490 e. The van der Waals surface area contributed by atoms with E-state index < -0.39 is 12.1 Å². The van der Waals surface area contributed by atoms with Gasteiger partial charge < -0.3 is 24.4 Å². The van der Waals surface area contributed by atoms with Crippen LogP contribution in [0.25, 0.3) is 0 Å². The molecule has 3 heterocycles. The van der Waals surface area contributed by atoms with E-state index in [1.54, 1.807) is 0 Å². The second-order valence-electron chi connectivity index (χ2n) is 11.4. The lowest BCUT2D eigenvalue weighted by atomic mass is 9.81. The molecular formula is C30H44F3N3O6. The van der Waals surface area contributed by atoms with Crippen molar-refractivity contribution < 1.29 is 42.1 Å². The lowest BCUT2D eigenvalue weighted by Crippen LogP contribution is -2.55. The molecule has 0 aliphatic carbocycles. The van der Waals surface area contributed by atoms with Crippen LogP contribution < -0.4 is 4.74 Å². The van der Waals surface area contributed by atoms with Crippen LogP contribution in [0.1, 0.15) is 80.3 Å². The number of carbonyl (C=O) groups excluding carboxylic acids is 2. The van der Waals surface area contributed by atoms with Crippen LogP contribution in [-0.4, -0.2) is 101 Å². The molecule has 4 rings (SSSR count). The Labute approximate surface area is 245 Å². The number of benzene rings is 1. The Bertz CT molecular complexity index is 1090. The molecule has 1 spiro atoms. The van der Waals surface area contributed by atoms with Gasteiger partial charge in [-0.25, -0.2) is 9.59 Å². The molecule has 1 aromatic rings. The van der Waals surface area contributed by atoms with Crippen molar-refractivity contribution in [2.75, 3.05) is 39.8 Å². The maximum absolute atomic E-state index is 13.4. The van der Waals surface area contributed by atoms with E-state index in [0.717, 1.165) is 93.6 Å². The molecule has 42 heavy (non-hydrogen) atoms. The molecule has 1 aromatic carbocycles. The number of likely N-dealkylation sites (N-methyl/N-ethyl adjacent to an activating group) is 1. The number of carboxylic acids is 1. The minimum absolute atomic E-state index is 0.138. The van der Waals surface area contributed by atoms with Gasteiger partial charge in [0.25, 0.3) is 5.91 Å². The summed E-state index contributed by atoms with van der Waals surface area (Å²) in [5, 5.41) is 7.12. The second kappa shape index (κ2) is 14.0. The average molecular weight is 600 g/mol. The Morgan fingerprint density at radius 3 is 2.10 bits per heavy atom. The number of halogens is 3. The van der Waals surface area contributed by atoms with Gasteiger partial charge >= 0.3 is 18.2 Å². The largest absolute Gasteiger partial charge is 0.494 e. The SMILES string of the molecule is CCCCC1N(C)C(=O)OC12CCN(C1CCN(C(=O)c3c(C)cc(OCC)cc3C)CC1)CC2.O=C(O)C(F)(F)F. The van der Waals surface area contributed by atoms with E-state index in [1.165, 1.54) is 0 Å². The molecule has 1 unspecified atom stereocenters. The number of piperidine rings is 2. The quantitative estimate of drug-likeness (QED) is 0.447. The Hall–Kier alpha value is -3.02. The van der Waals surface area contributed by atoms with Gasteiger partial charge in [0.2, 0.25) is 0 Å². The highest BCUT2D eigenvalue weighted by atomic mass is 19.4. The molecule has 0 aromatic heterocycles. The first-order valence-electron chi connectivity index (χ1n) is 14.8. The van der Waals surface area contributed by atoms with E-state index in [-0.39, 0.29) is 23.6 Å². The fourth-order valence-corrected chi connectivity index (χ4v) is 6.45.